The topological polar surface area (TPSA) is 67.5 Å². The number of nitrogens with two attached hydrogens (primary N) is 1. The van der Waals surface area contributed by atoms with Gasteiger partial charge in [-0.15, -0.1) is 0 Å². The Morgan fingerprint density at radius 2 is 2.19 bits per heavy atom. The van der Waals surface area contributed by atoms with Gasteiger partial charge in [-0.25, -0.2) is 0 Å². The Hall–Kier alpha value is -0.970. The molecular weight excluding hydrogens is 222 g/mol. The summed E-state index contributed by atoms with van der Waals surface area (Å²) < 4.78 is 0. The molecular formula is C11H17N3OS. The summed E-state index contributed by atoms with van der Waals surface area (Å²) in [5.74, 6) is 0.379. The van der Waals surface area contributed by atoms with Crippen LogP contribution in [0.2, 0.25) is 0 Å². The van der Waals surface area contributed by atoms with Crippen LogP contribution in [0.3, 0.4) is 0 Å². The molecule has 2 aliphatic carbocycles. The lowest BCUT2D eigenvalue weighted by molar-refractivity contribution is -0.123. The minimum absolute atomic E-state index is 0.0131. The number of rotatable bonds is 1. The normalized spacial score (nSPS) is 38.1. The second kappa shape index (κ2) is 3.26. The number of carbonyl (C=O) groups is 1. The van der Waals surface area contributed by atoms with Crippen molar-refractivity contribution in [1.82, 2.24) is 5.43 Å². The van der Waals surface area contributed by atoms with E-state index in [1.54, 1.807) is 0 Å². The first kappa shape index (κ1) is 11.5. The van der Waals surface area contributed by atoms with Gasteiger partial charge in [-0.3, -0.25) is 10.2 Å². The van der Waals surface area contributed by atoms with Crippen LogP contribution in [0.15, 0.2) is 5.10 Å². The number of hydrazone groups is 1. The molecule has 0 aromatic carbocycles. The first-order chi connectivity index (χ1) is 7.30. The van der Waals surface area contributed by atoms with Gasteiger partial charge in [0.25, 0.3) is 0 Å². The molecule has 2 atom stereocenters. The van der Waals surface area contributed by atoms with E-state index in [1.165, 1.54) is 0 Å². The van der Waals surface area contributed by atoms with Crippen LogP contribution >= 0.6 is 12.2 Å². The molecule has 0 spiro atoms. The van der Waals surface area contributed by atoms with E-state index in [2.05, 4.69) is 36.6 Å². The van der Waals surface area contributed by atoms with E-state index < -0.39 is 0 Å². The molecule has 2 fully saturated rings. The second-order valence-corrected chi connectivity index (χ2v) is 5.89. The predicted molar refractivity (Wildman–Crippen MR) is 67.0 cm³/mol. The molecule has 5 heteroatoms. The SMILES string of the molecule is CC1(C)[C@H]2CC[C@]1(C)C(=O)/C2=N/NC(N)=S. The average molecular weight is 239 g/mol. The molecule has 2 aliphatic rings. The maximum atomic E-state index is 12.3. The lowest BCUT2D eigenvalue weighted by Crippen LogP contribution is -2.34. The highest BCUT2D eigenvalue weighted by molar-refractivity contribution is 7.80. The summed E-state index contributed by atoms with van der Waals surface area (Å²) in [6.07, 6.45) is 1.97. The maximum Gasteiger partial charge on any atom is 0.185 e. The molecule has 0 aliphatic heterocycles. The zero-order valence-electron chi connectivity index (χ0n) is 9.83. The van der Waals surface area contributed by atoms with E-state index >= 15 is 0 Å². The lowest BCUT2D eigenvalue weighted by atomic mass is 9.70. The van der Waals surface area contributed by atoms with E-state index in [9.17, 15) is 4.79 Å². The number of hydrogen-bond donors (Lipinski definition) is 2. The second-order valence-electron chi connectivity index (χ2n) is 5.45. The number of fused-ring (bicyclic) bond motifs is 2. The van der Waals surface area contributed by atoms with Gasteiger partial charge in [-0.05, 0) is 30.5 Å². The number of carbonyl (C=O) groups excluding carboxylic acids is 1. The maximum absolute atomic E-state index is 12.3. The molecule has 3 N–H and O–H groups in total. The predicted octanol–water partition coefficient (Wildman–Crippen LogP) is 1.20. The summed E-state index contributed by atoms with van der Waals surface area (Å²) in [5.41, 5.74) is 8.19. The Kier molecular flexibility index (Phi) is 2.35. The van der Waals surface area contributed by atoms with Gasteiger partial charge in [0.15, 0.2) is 10.9 Å². The molecule has 88 valence electrons. The third-order valence-electron chi connectivity index (χ3n) is 4.58. The van der Waals surface area contributed by atoms with Gasteiger partial charge in [-0.2, -0.15) is 5.10 Å². The fourth-order valence-corrected chi connectivity index (χ4v) is 3.12. The van der Waals surface area contributed by atoms with E-state index in [0.717, 1.165) is 12.8 Å². The highest BCUT2D eigenvalue weighted by Gasteiger charge is 2.65. The molecule has 0 radical (unpaired) electrons. The van der Waals surface area contributed by atoms with Gasteiger partial charge in [0.2, 0.25) is 0 Å². The Labute approximate surface area is 101 Å². The van der Waals surface area contributed by atoms with Crippen LogP contribution < -0.4 is 11.2 Å². The number of hydrogen-bond acceptors (Lipinski definition) is 3. The smallest absolute Gasteiger partial charge is 0.185 e. The first-order valence-corrected chi connectivity index (χ1v) is 5.89. The summed E-state index contributed by atoms with van der Waals surface area (Å²) in [6, 6.07) is 0. The van der Waals surface area contributed by atoms with E-state index in [1.807, 2.05) is 6.92 Å². The Morgan fingerprint density at radius 3 is 2.62 bits per heavy atom. The van der Waals surface area contributed by atoms with Crippen molar-refractivity contribution in [1.29, 1.82) is 0 Å². The van der Waals surface area contributed by atoms with Gasteiger partial charge in [-0.1, -0.05) is 20.8 Å². The molecule has 2 bridgehead atoms. The van der Waals surface area contributed by atoms with Crippen LogP contribution in [-0.4, -0.2) is 16.6 Å². The molecule has 16 heavy (non-hydrogen) atoms. The van der Waals surface area contributed by atoms with Crippen molar-refractivity contribution in [2.45, 2.75) is 33.6 Å². The largest absolute Gasteiger partial charge is 0.375 e. The summed E-state index contributed by atoms with van der Waals surface area (Å²) in [7, 11) is 0. The van der Waals surface area contributed by atoms with Crippen molar-refractivity contribution < 1.29 is 4.79 Å². The van der Waals surface area contributed by atoms with Crippen LogP contribution in [0, 0.1) is 16.7 Å². The molecule has 0 amide bonds. The van der Waals surface area contributed by atoms with Gasteiger partial charge < -0.3 is 5.73 Å². The van der Waals surface area contributed by atoms with Gasteiger partial charge in [0.05, 0.1) is 0 Å². The zero-order valence-corrected chi connectivity index (χ0v) is 10.6. The Balaban J connectivity index is 2.37. The molecule has 0 saturated heterocycles. The van der Waals surface area contributed by atoms with Crippen LogP contribution in [0.25, 0.3) is 0 Å². The molecule has 4 nitrogen and oxygen atoms in total. The number of ketones is 1. The quantitative estimate of drug-likeness (QED) is 0.533. The van der Waals surface area contributed by atoms with Crippen LogP contribution in [-0.2, 0) is 4.79 Å². The van der Waals surface area contributed by atoms with Gasteiger partial charge in [0.1, 0.15) is 5.71 Å². The monoisotopic (exact) mass is 239 g/mol. The van der Waals surface area contributed by atoms with E-state index in [4.69, 9.17) is 5.73 Å². The minimum Gasteiger partial charge on any atom is -0.375 e. The molecule has 2 rings (SSSR count). The van der Waals surface area contributed by atoms with Crippen LogP contribution in [0.1, 0.15) is 33.6 Å². The van der Waals surface area contributed by atoms with Crippen LogP contribution in [0.4, 0.5) is 0 Å². The lowest BCUT2D eigenvalue weighted by Gasteiger charge is -2.31. The Bertz CT molecular complexity index is 402. The number of nitrogens with zero attached hydrogens (tertiary/aromatic N) is 1. The first-order valence-electron chi connectivity index (χ1n) is 5.48. The van der Waals surface area contributed by atoms with Crippen molar-refractivity contribution in [3.63, 3.8) is 0 Å². The Morgan fingerprint density at radius 1 is 1.56 bits per heavy atom. The van der Waals surface area contributed by atoms with Gasteiger partial charge in [0, 0.05) is 11.3 Å². The summed E-state index contributed by atoms with van der Waals surface area (Å²) >= 11 is 4.69. The number of Topliss-reactive ketones (excluding diaryl/α,β-unsaturated/α-hetero) is 1. The molecule has 2 saturated carbocycles. The third-order valence-corrected chi connectivity index (χ3v) is 4.67. The molecule has 0 aromatic rings. The molecule has 0 unspecified atom stereocenters. The highest BCUT2D eigenvalue weighted by Crippen LogP contribution is 2.62. The fraction of sp³-hybridized carbons (Fsp3) is 0.727. The summed E-state index contributed by atoms with van der Waals surface area (Å²) in [6.45, 7) is 6.33. The minimum atomic E-state index is -0.269. The van der Waals surface area contributed by atoms with E-state index in [0.29, 0.717) is 5.71 Å². The fourth-order valence-electron chi connectivity index (χ4n) is 3.07. The van der Waals surface area contributed by atoms with Crippen molar-refractivity contribution >= 4 is 28.8 Å². The van der Waals surface area contributed by atoms with E-state index in [-0.39, 0.29) is 27.6 Å². The number of thiocarbonyl (C=S) groups is 1. The van der Waals surface area contributed by atoms with Crippen molar-refractivity contribution in [3.8, 4) is 0 Å². The number of nitrogens with one attached hydrogen (secondary N) is 1. The molecule has 0 heterocycles. The summed E-state index contributed by atoms with van der Waals surface area (Å²) in [5, 5.41) is 4.18. The van der Waals surface area contributed by atoms with Crippen molar-refractivity contribution in [2.24, 2.45) is 27.6 Å². The zero-order chi connectivity index (χ0) is 12.1. The van der Waals surface area contributed by atoms with Crippen LogP contribution in [0.5, 0.6) is 0 Å². The molecule has 0 aromatic heterocycles. The van der Waals surface area contributed by atoms with Gasteiger partial charge >= 0.3 is 0 Å². The average Bonchev–Trinajstić information content (AvgIpc) is 2.47. The van der Waals surface area contributed by atoms with Crippen molar-refractivity contribution in [2.75, 3.05) is 0 Å². The highest BCUT2D eigenvalue weighted by atomic mass is 32.1. The summed E-state index contributed by atoms with van der Waals surface area (Å²) in [4.78, 5) is 12.3. The third kappa shape index (κ3) is 1.24. The van der Waals surface area contributed by atoms with Crippen molar-refractivity contribution in [3.05, 3.63) is 0 Å². The standard InChI is InChI=1S/C11H17N3OS/c1-10(2)6-4-5-11(10,3)8(15)7(6)13-14-9(12)16/h6H,4-5H2,1-3H3,(H3,12,14,16)/b13-7+/t6-,11+/m0/s1.